The summed E-state index contributed by atoms with van der Waals surface area (Å²) in [7, 11) is 0. The molecule has 0 spiro atoms. The maximum Gasteiger partial charge on any atom is 0.0761 e. The number of hydrogen-bond acceptors (Lipinski definition) is 3. The maximum atomic E-state index is 5.53. The van der Waals surface area contributed by atoms with Crippen LogP contribution in [0.2, 0.25) is 0 Å². The van der Waals surface area contributed by atoms with Gasteiger partial charge in [0.2, 0.25) is 0 Å². The van der Waals surface area contributed by atoms with Gasteiger partial charge in [-0.25, -0.2) is 4.68 Å². The number of nitrogens with two attached hydrogens (primary N) is 1. The van der Waals surface area contributed by atoms with E-state index in [9.17, 15) is 0 Å². The Morgan fingerprint density at radius 2 is 2.10 bits per heavy atom. The van der Waals surface area contributed by atoms with Crippen LogP contribution in [0.4, 0.5) is 5.69 Å². The molecule has 1 aromatic heterocycles. The van der Waals surface area contributed by atoms with Crippen molar-refractivity contribution in [3.63, 3.8) is 0 Å². The normalized spacial score (nSPS) is 10.9. The van der Waals surface area contributed by atoms with Gasteiger partial charge in [0.1, 0.15) is 0 Å². The third-order valence-corrected chi connectivity index (χ3v) is 3.29. The molecular weight excluding hydrogens is 248 g/mol. The molecule has 3 aromatic rings. The third-order valence-electron chi connectivity index (χ3n) is 3.29. The van der Waals surface area contributed by atoms with Gasteiger partial charge in [0.25, 0.3) is 0 Å². The summed E-state index contributed by atoms with van der Waals surface area (Å²) < 4.78 is 1.97. The van der Waals surface area contributed by atoms with E-state index in [2.05, 4.69) is 59.8 Å². The quantitative estimate of drug-likeness (QED) is 0.763. The van der Waals surface area contributed by atoms with E-state index in [1.807, 2.05) is 10.9 Å². The molecule has 0 atom stereocenters. The van der Waals surface area contributed by atoms with Crippen molar-refractivity contribution in [1.82, 2.24) is 9.78 Å². The molecule has 0 saturated carbocycles. The number of aromatic nitrogens is 2. The zero-order chi connectivity index (χ0) is 13.9. The van der Waals surface area contributed by atoms with Crippen LogP contribution in [0, 0.1) is 6.92 Å². The Bertz CT molecular complexity index is 730. The highest BCUT2D eigenvalue weighted by Gasteiger charge is 2.06. The van der Waals surface area contributed by atoms with Crippen molar-refractivity contribution in [1.29, 1.82) is 0 Å². The van der Waals surface area contributed by atoms with Gasteiger partial charge in [-0.15, -0.1) is 0 Å². The largest absolute Gasteiger partial charge is 0.384 e. The predicted octanol–water partition coefficient (Wildman–Crippen LogP) is 2.70. The summed E-state index contributed by atoms with van der Waals surface area (Å²) in [5.74, 6) is 0. The van der Waals surface area contributed by atoms with Crippen molar-refractivity contribution in [2.75, 3.05) is 18.4 Å². The predicted molar refractivity (Wildman–Crippen MR) is 83.4 cm³/mol. The van der Waals surface area contributed by atoms with E-state index >= 15 is 0 Å². The summed E-state index contributed by atoms with van der Waals surface area (Å²) in [4.78, 5) is 0. The molecular formula is C16H18N4. The summed E-state index contributed by atoms with van der Waals surface area (Å²) in [5.41, 5.74) is 9.99. The Labute approximate surface area is 118 Å². The van der Waals surface area contributed by atoms with Gasteiger partial charge in [-0.3, -0.25) is 0 Å². The van der Waals surface area contributed by atoms with Crippen LogP contribution in [-0.2, 0) is 0 Å². The minimum absolute atomic E-state index is 0.620. The van der Waals surface area contributed by atoms with Crippen LogP contribution in [0.25, 0.3) is 16.6 Å². The van der Waals surface area contributed by atoms with E-state index in [-0.39, 0.29) is 0 Å². The first-order chi connectivity index (χ1) is 9.78. The molecule has 1 heterocycles. The van der Waals surface area contributed by atoms with Crippen LogP contribution in [0.1, 0.15) is 5.56 Å². The molecule has 0 amide bonds. The van der Waals surface area contributed by atoms with Gasteiger partial charge in [-0.1, -0.05) is 12.1 Å². The van der Waals surface area contributed by atoms with Crippen molar-refractivity contribution in [2.45, 2.75) is 6.92 Å². The number of rotatable bonds is 4. The molecule has 0 aliphatic carbocycles. The first-order valence-corrected chi connectivity index (χ1v) is 6.77. The van der Waals surface area contributed by atoms with Gasteiger partial charge in [-0.2, -0.15) is 5.10 Å². The Balaban J connectivity index is 2.07. The van der Waals surface area contributed by atoms with Crippen LogP contribution in [0.3, 0.4) is 0 Å². The third kappa shape index (κ3) is 2.38. The highest BCUT2D eigenvalue weighted by Crippen LogP contribution is 2.22. The highest BCUT2D eigenvalue weighted by molar-refractivity contribution is 5.83. The van der Waals surface area contributed by atoms with E-state index in [4.69, 9.17) is 5.73 Å². The topological polar surface area (TPSA) is 55.9 Å². The average molecular weight is 266 g/mol. The fraction of sp³-hybridized carbons (Fsp3) is 0.188. The second-order valence-electron chi connectivity index (χ2n) is 4.88. The Morgan fingerprint density at radius 3 is 2.90 bits per heavy atom. The van der Waals surface area contributed by atoms with Gasteiger partial charge >= 0.3 is 0 Å². The van der Waals surface area contributed by atoms with E-state index in [0.29, 0.717) is 6.54 Å². The second kappa shape index (κ2) is 5.35. The average Bonchev–Trinajstić information content (AvgIpc) is 2.88. The lowest BCUT2D eigenvalue weighted by Gasteiger charge is -2.07. The molecule has 0 unspecified atom stereocenters. The number of fused-ring (bicyclic) bond motifs is 1. The molecule has 4 nitrogen and oxygen atoms in total. The fourth-order valence-corrected chi connectivity index (χ4v) is 2.31. The van der Waals surface area contributed by atoms with E-state index in [1.54, 1.807) is 0 Å². The summed E-state index contributed by atoms with van der Waals surface area (Å²) >= 11 is 0. The minimum atomic E-state index is 0.620. The van der Waals surface area contributed by atoms with Crippen molar-refractivity contribution < 1.29 is 0 Å². The zero-order valence-corrected chi connectivity index (χ0v) is 11.5. The Morgan fingerprint density at radius 1 is 1.20 bits per heavy atom. The summed E-state index contributed by atoms with van der Waals surface area (Å²) in [6.07, 6.45) is 1.89. The molecule has 0 bridgehead atoms. The monoisotopic (exact) mass is 266 g/mol. The number of hydrogen-bond donors (Lipinski definition) is 2. The van der Waals surface area contributed by atoms with Crippen LogP contribution < -0.4 is 11.1 Å². The molecule has 4 heteroatoms. The SMILES string of the molecule is Cc1cccc(-n2ncc3ccc(NCCN)cc32)c1. The fourth-order valence-electron chi connectivity index (χ4n) is 2.31. The smallest absolute Gasteiger partial charge is 0.0761 e. The van der Waals surface area contributed by atoms with Crippen molar-refractivity contribution in [3.05, 3.63) is 54.2 Å². The lowest BCUT2D eigenvalue weighted by molar-refractivity contribution is 0.909. The molecule has 0 aliphatic rings. The molecule has 3 N–H and O–H groups in total. The van der Waals surface area contributed by atoms with Crippen LogP contribution in [-0.4, -0.2) is 22.9 Å². The second-order valence-corrected chi connectivity index (χ2v) is 4.88. The Hall–Kier alpha value is -2.33. The number of aryl methyl sites for hydroxylation is 1. The van der Waals surface area contributed by atoms with Crippen molar-refractivity contribution in [2.24, 2.45) is 5.73 Å². The summed E-state index contributed by atoms with van der Waals surface area (Å²) in [6.45, 7) is 3.47. The van der Waals surface area contributed by atoms with Gasteiger partial charge in [0.15, 0.2) is 0 Å². The van der Waals surface area contributed by atoms with E-state index in [1.165, 1.54) is 5.56 Å². The summed E-state index contributed by atoms with van der Waals surface area (Å²) in [5, 5.41) is 8.92. The molecule has 0 radical (unpaired) electrons. The van der Waals surface area contributed by atoms with E-state index < -0.39 is 0 Å². The molecule has 2 aromatic carbocycles. The van der Waals surface area contributed by atoms with Gasteiger partial charge in [0.05, 0.1) is 17.4 Å². The first-order valence-electron chi connectivity index (χ1n) is 6.77. The molecule has 20 heavy (non-hydrogen) atoms. The van der Waals surface area contributed by atoms with Gasteiger partial charge in [-0.05, 0) is 42.8 Å². The molecule has 102 valence electrons. The van der Waals surface area contributed by atoms with Crippen molar-refractivity contribution in [3.8, 4) is 5.69 Å². The van der Waals surface area contributed by atoms with Crippen LogP contribution >= 0.6 is 0 Å². The Kier molecular flexibility index (Phi) is 3.39. The first kappa shape index (κ1) is 12.7. The van der Waals surface area contributed by atoms with E-state index in [0.717, 1.165) is 28.8 Å². The van der Waals surface area contributed by atoms with Crippen LogP contribution in [0.5, 0.6) is 0 Å². The molecule has 3 rings (SSSR count). The lowest BCUT2D eigenvalue weighted by Crippen LogP contribution is -2.12. The maximum absolute atomic E-state index is 5.53. The number of benzene rings is 2. The minimum Gasteiger partial charge on any atom is -0.384 e. The highest BCUT2D eigenvalue weighted by atomic mass is 15.3. The van der Waals surface area contributed by atoms with Gasteiger partial charge < -0.3 is 11.1 Å². The van der Waals surface area contributed by atoms with Gasteiger partial charge in [0, 0.05) is 24.2 Å². The molecule has 0 aliphatic heterocycles. The number of nitrogens with zero attached hydrogens (tertiary/aromatic N) is 2. The molecule has 0 saturated heterocycles. The standard InChI is InChI=1S/C16H18N4/c1-12-3-2-4-15(9-12)20-16-10-14(18-8-7-17)6-5-13(16)11-19-20/h2-6,9-11,18H,7-8,17H2,1H3. The summed E-state index contributed by atoms with van der Waals surface area (Å²) in [6, 6.07) is 14.6. The molecule has 0 fully saturated rings. The lowest BCUT2D eigenvalue weighted by atomic mass is 10.2. The number of nitrogens with one attached hydrogen (secondary N) is 1. The zero-order valence-electron chi connectivity index (χ0n) is 11.5. The van der Waals surface area contributed by atoms with Crippen molar-refractivity contribution >= 4 is 16.6 Å². The van der Waals surface area contributed by atoms with Crippen LogP contribution in [0.15, 0.2) is 48.7 Å². The number of anilines is 1.